The van der Waals surface area contributed by atoms with E-state index in [1.807, 2.05) is 0 Å². The topological polar surface area (TPSA) is 34.1 Å². The summed E-state index contributed by atoms with van der Waals surface area (Å²) in [6, 6.07) is 0. The Bertz CT molecular complexity index is 247. The molecule has 2 aliphatic carbocycles. The number of rotatable bonds is 0. The van der Waals surface area contributed by atoms with Crippen molar-refractivity contribution in [1.82, 2.24) is 0 Å². The van der Waals surface area contributed by atoms with Gasteiger partial charge in [-0.3, -0.25) is 9.59 Å². The van der Waals surface area contributed by atoms with Crippen molar-refractivity contribution in [3.63, 3.8) is 0 Å². The van der Waals surface area contributed by atoms with Crippen molar-refractivity contribution < 1.29 is 9.59 Å². The van der Waals surface area contributed by atoms with Crippen molar-refractivity contribution in [3.8, 4) is 0 Å². The summed E-state index contributed by atoms with van der Waals surface area (Å²) in [5, 5.41) is 0. The van der Waals surface area contributed by atoms with Gasteiger partial charge < -0.3 is 0 Å². The van der Waals surface area contributed by atoms with Gasteiger partial charge in [-0.15, -0.1) is 0 Å². The lowest BCUT2D eigenvalue weighted by Gasteiger charge is -1.99. The summed E-state index contributed by atoms with van der Waals surface area (Å²) in [5.41, 5.74) is 2.26. The van der Waals surface area contributed by atoms with Crippen LogP contribution in [-0.4, -0.2) is 11.6 Å². The van der Waals surface area contributed by atoms with E-state index in [2.05, 4.69) is 0 Å². The smallest absolute Gasteiger partial charge is 0.159 e. The third-order valence-corrected chi connectivity index (χ3v) is 2.37. The highest BCUT2D eigenvalue weighted by molar-refractivity contribution is 6.03. The van der Waals surface area contributed by atoms with Gasteiger partial charge in [0, 0.05) is 19.3 Å². The first-order valence-electron chi connectivity index (χ1n) is 4.03. The summed E-state index contributed by atoms with van der Waals surface area (Å²) < 4.78 is 0. The summed E-state index contributed by atoms with van der Waals surface area (Å²) in [6.07, 6.45) is 3.32. The number of Topliss-reactive ketones (excluding diaryl/α,β-unsaturated/α-hetero) is 2. The maximum absolute atomic E-state index is 11.1. The Balaban J connectivity index is 2.13. The van der Waals surface area contributed by atoms with Crippen LogP contribution in [0.3, 0.4) is 0 Å². The quantitative estimate of drug-likeness (QED) is 0.523. The van der Waals surface area contributed by atoms with E-state index in [1.54, 1.807) is 0 Å². The fourth-order valence-corrected chi connectivity index (χ4v) is 1.52. The number of hydrogen-bond donors (Lipinski definition) is 0. The van der Waals surface area contributed by atoms with Gasteiger partial charge in [0.05, 0.1) is 0 Å². The van der Waals surface area contributed by atoms with Gasteiger partial charge in [-0.2, -0.15) is 0 Å². The largest absolute Gasteiger partial charge is 0.300 e. The SMILES string of the molecule is O=C1CCC(=O)C2=C(CC1)C2. The van der Waals surface area contributed by atoms with Crippen LogP contribution in [0.15, 0.2) is 11.1 Å². The molecule has 0 aromatic rings. The highest BCUT2D eigenvalue weighted by Crippen LogP contribution is 2.37. The molecule has 2 aliphatic rings. The summed E-state index contributed by atoms with van der Waals surface area (Å²) in [4.78, 5) is 22.1. The molecule has 11 heavy (non-hydrogen) atoms. The molecule has 0 aromatic carbocycles. The Morgan fingerprint density at radius 1 is 0.909 bits per heavy atom. The first kappa shape index (κ1) is 6.77. The van der Waals surface area contributed by atoms with Crippen molar-refractivity contribution in [3.05, 3.63) is 11.1 Å². The summed E-state index contributed by atoms with van der Waals surface area (Å²) in [5.74, 6) is 0.463. The van der Waals surface area contributed by atoms with Crippen molar-refractivity contribution in [2.45, 2.75) is 32.1 Å². The molecule has 0 saturated carbocycles. The average molecular weight is 150 g/mol. The monoisotopic (exact) mass is 150 g/mol. The summed E-state index contributed by atoms with van der Waals surface area (Å²) in [7, 11) is 0. The molecule has 0 heterocycles. The van der Waals surface area contributed by atoms with Crippen LogP contribution in [0.4, 0.5) is 0 Å². The Kier molecular flexibility index (Phi) is 1.41. The Morgan fingerprint density at radius 2 is 1.64 bits per heavy atom. The van der Waals surface area contributed by atoms with Crippen LogP contribution in [0.5, 0.6) is 0 Å². The molecular formula is C9H10O2. The molecule has 0 bridgehead atoms. The van der Waals surface area contributed by atoms with Crippen LogP contribution < -0.4 is 0 Å². The standard InChI is InChI=1S/C9H10O2/c10-7-2-1-6-5-8(6)9(11)4-3-7/h1-5H2. The van der Waals surface area contributed by atoms with E-state index in [0.717, 1.165) is 18.4 Å². The van der Waals surface area contributed by atoms with Gasteiger partial charge in [-0.1, -0.05) is 5.57 Å². The van der Waals surface area contributed by atoms with Crippen LogP contribution in [0, 0.1) is 0 Å². The van der Waals surface area contributed by atoms with Crippen LogP contribution in [0.1, 0.15) is 32.1 Å². The second-order valence-electron chi connectivity index (χ2n) is 3.22. The molecule has 0 fully saturated rings. The minimum absolute atomic E-state index is 0.216. The number of allylic oxidation sites excluding steroid dienone is 2. The van der Waals surface area contributed by atoms with E-state index < -0.39 is 0 Å². The molecule has 2 rings (SSSR count). The maximum Gasteiger partial charge on any atom is 0.159 e. The third kappa shape index (κ3) is 1.25. The van der Waals surface area contributed by atoms with Gasteiger partial charge in [-0.25, -0.2) is 0 Å². The van der Waals surface area contributed by atoms with Crippen molar-refractivity contribution in [2.75, 3.05) is 0 Å². The minimum Gasteiger partial charge on any atom is -0.300 e. The molecule has 0 spiro atoms. The first-order chi connectivity index (χ1) is 5.27. The Morgan fingerprint density at radius 3 is 2.45 bits per heavy atom. The normalized spacial score (nSPS) is 24.4. The number of ketones is 2. The summed E-state index contributed by atoms with van der Waals surface area (Å²) in [6.45, 7) is 0. The molecule has 0 amide bonds. The van der Waals surface area contributed by atoms with Crippen LogP contribution >= 0.6 is 0 Å². The maximum atomic E-state index is 11.1. The van der Waals surface area contributed by atoms with Crippen LogP contribution in [-0.2, 0) is 9.59 Å². The molecule has 0 aromatic heterocycles. The summed E-state index contributed by atoms with van der Waals surface area (Å²) >= 11 is 0. The molecule has 0 aliphatic heterocycles. The zero-order chi connectivity index (χ0) is 7.84. The van der Waals surface area contributed by atoms with Crippen molar-refractivity contribution in [2.24, 2.45) is 0 Å². The molecule has 0 radical (unpaired) electrons. The highest BCUT2D eigenvalue weighted by atomic mass is 16.1. The molecule has 0 unspecified atom stereocenters. The van der Waals surface area contributed by atoms with Crippen LogP contribution in [0.2, 0.25) is 0 Å². The number of carbonyl (C=O) groups excluding carboxylic acids is 2. The second kappa shape index (κ2) is 2.29. The Hall–Kier alpha value is -0.920. The molecule has 0 saturated heterocycles. The van der Waals surface area contributed by atoms with Gasteiger partial charge in [0.1, 0.15) is 5.78 Å². The zero-order valence-electron chi connectivity index (χ0n) is 6.35. The van der Waals surface area contributed by atoms with Gasteiger partial charge in [0.2, 0.25) is 0 Å². The molecule has 58 valence electrons. The van der Waals surface area contributed by atoms with E-state index in [0.29, 0.717) is 19.3 Å². The minimum atomic E-state index is 0.216. The number of carbonyl (C=O) groups is 2. The molecule has 2 nitrogen and oxygen atoms in total. The van der Waals surface area contributed by atoms with E-state index in [9.17, 15) is 9.59 Å². The lowest BCUT2D eigenvalue weighted by atomic mass is 10.0. The van der Waals surface area contributed by atoms with E-state index in [1.165, 1.54) is 5.57 Å². The Labute approximate surface area is 65.3 Å². The van der Waals surface area contributed by atoms with E-state index in [4.69, 9.17) is 0 Å². The fraction of sp³-hybridized carbons (Fsp3) is 0.556. The van der Waals surface area contributed by atoms with Gasteiger partial charge >= 0.3 is 0 Å². The zero-order valence-corrected chi connectivity index (χ0v) is 6.35. The van der Waals surface area contributed by atoms with Gasteiger partial charge in [0.25, 0.3) is 0 Å². The molecular weight excluding hydrogens is 140 g/mol. The number of hydrogen-bond acceptors (Lipinski definition) is 2. The third-order valence-electron chi connectivity index (χ3n) is 2.37. The lowest BCUT2D eigenvalue weighted by molar-refractivity contribution is -0.122. The molecule has 2 heteroatoms. The first-order valence-corrected chi connectivity index (χ1v) is 4.03. The van der Waals surface area contributed by atoms with Crippen LogP contribution in [0.25, 0.3) is 0 Å². The second-order valence-corrected chi connectivity index (χ2v) is 3.22. The van der Waals surface area contributed by atoms with Gasteiger partial charge in [0.15, 0.2) is 5.78 Å². The van der Waals surface area contributed by atoms with Crippen molar-refractivity contribution >= 4 is 11.6 Å². The highest BCUT2D eigenvalue weighted by Gasteiger charge is 2.29. The van der Waals surface area contributed by atoms with Crippen molar-refractivity contribution in [1.29, 1.82) is 0 Å². The predicted octanol–water partition coefficient (Wildman–Crippen LogP) is 1.40. The fourth-order valence-electron chi connectivity index (χ4n) is 1.52. The molecule has 0 atom stereocenters. The average Bonchev–Trinajstić information content (AvgIpc) is 2.73. The molecule has 0 N–H and O–H groups in total. The lowest BCUT2D eigenvalue weighted by Crippen LogP contribution is -2.04. The van der Waals surface area contributed by atoms with E-state index in [-0.39, 0.29) is 11.6 Å². The predicted molar refractivity (Wildman–Crippen MR) is 40.1 cm³/mol. The van der Waals surface area contributed by atoms with Gasteiger partial charge in [-0.05, 0) is 18.4 Å². The van der Waals surface area contributed by atoms with E-state index >= 15 is 0 Å².